The monoisotopic (exact) mass is 282 g/mol. The Morgan fingerprint density at radius 2 is 1.95 bits per heavy atom. The molecule has 0 aliphatic heterocycles. The Hall–Kier alpha value is -2.35. The quantitative estimate of drug-likeness (QED) is 0.313. The highest BCUT2D eigenvalue weighted by molar-refractivity contribution is 5.80. The molecule has 110 valence electrons. The number of nitrogens with two attached hydrogens (primary N) is 1. The van der Waals surface area contributed by atoms with Gasteiger partial charge in [0.2, 0.25) is 0 Å². The molecule has 0 saturated carbocycles. The van der Waals surface area contributed by atoms with E-state index in [1.54, 1.807) is 6.07 Å². The molecule has 1 rings (SSSR count). The lowest BCUT2D eigenvalue weighted by molar-refractivity contribution is -0.384. The average Bonchev–Trinajstić information content (AvgIpc) is 2.43. The number of carbonyl (C=O) groups is 1. The molecule has 0 aliphatic carbocycles. The number of rotatable bonds is 6. The van der Waals surface area contributed by atoms with Crippen molar-refractivity contribution in [2.24, 2.45) is 11.8 Å². The maximum absolute atomic E-state index is 11.7. The van der Waals surface area contributed by atoms with Gasteiger partial charge in [0.1, 0.15) is 6.04 Å². The number of methoxy groups -OCH3 is 1. The largest absolute Gasteiger partial charge is 0.467 e. The summed E-state index contributed by atoms with van der Waals surface area (Å²) in [5, 5.41) is 13.8. The van der Waals surface area contributed by atoms with Crippen LogP contribution in [0.25, 0.3) is 0 Å². The number of benzene rings is 1. The average molecular weight is 282 g/mol. The van der Waals surface area contributed by atoms with Gasteiger partial charge in [-0.1, -0.05) is 13.8 Å². The summed E-state index contributed by atoms with van der Waals surface area (Å²) in [6.45, 7) is 3.68. The van der Waals surface area contributed by atoms with Crippen LogP contribution < -0.4 is 16.6 Å². The highest BCUT2D eigenvalue weighted by atomic mass is 16.6. The predicted octanol–water partition coefficient (Wildman–Crippen LogP) is 1.49. The van der Waals surface area contributed by atoms with Gasteiger partial charge in [0.15, 0.2) is 0 Å². The maximum atomic E-state index is 11.7. The van der Waals surface area contributed by atoms with Gasteiger partial charge in [0.05, 0.1) is 17.7 Å². The number of hydrogen-bond donors (Lipinski definition) is 3. The van der Waals surface area contributed by atoms with Crippen LogP contribution in [0.2, 0.25) is 0 Å². The van der Waals surface area contributed by atoms with E-state index in [0.29, 0.717) is 11.4 Å². The second kappa shape index (κ2) is 6.71. The number of esters is 1. The number of ether oxygens (including phenoxy) is 1. The first kappa shape index (κ1) is 15.7. The van der Waals surface area contributed by atoms with E-state index < -0.39 is 16.9 Å². The molecule has 20 heavy (non-hydrogen) atoms. The van der Waals surface area contributed by atoms with Crippen LogP contribution in [0.4, 0.5) is 17.1 Å². The number of non-ortho nitro benzene ring substituents is 1. The summed E-state index contributed by atoms with van der Waals surface area (Å²) in [6.07, 6.45) is 0. The molecule has 1 atom stereocenters. The number of nitrogen functional groups attached to an aromatic ring is 1. The Labute approximate surface area is 116 Å². The minimum absolute atomic E-state index is 0.0454. The first-order valence-corrected chi connectivity index (χ1v) is 5.99. The predicted molar refractivity (Wildman–Crippen MR) is 75.2 cm³/mol. The normalized spacial score (nSPS) is 11.8. The fourth-order valence-electron chi connectivity index (χ4n) is 1.69. The van der Waals surface area contributed by atoms with Crippen molar-refractivity contribution in [3.05, 3.63) is 28.3 Å². The van der Waals surface area contributed by atoms with E-state index in [-0.39, 0.29) is 11.6 Å². The molecule has 0 aromatic heterocycles. The van der Waals surface area contributed by atoms with E-state index in [2.05, 4.69) is 10.7 Å². The van der Waals surface area contributed by atoms with Gasteiger partial charge in [-0.3, -0.25) is 16.0 Å². The molecule has 1 unspecified atom stereocenters. The Balaban J connectivity index is 3.08. The minimum atomic E-state index is -0.604. The van der Waals surface area contributed by atoms with Crippen LogP contribution in [0.15, 0.2) is 18.2 Å². The maximum Gasteiger partial charge on any atom is 0.328 e. The van der Waals surface area contributed by atoms with Gasteiger partial charge in [0, 0.05) is 17.8 Å². The van der Waals surface area contributed by atoms with Crippen molar-refractivity contribution in [2.45, 2.75) is 19.9 Å². The third-order valence-corrected chi connectivity index (χ3v) is 2.74. The van der Waals surface area contributed by atoms with E-state index in [1.165, 1.54) is 19.2 Å². The van der Waals surface area contributed by atoms with Crippen LogP contribution in [0.3, 0.4) is 0 Å². The third kappa shape index (κ3) is 3.82. The lowest BCUT2D eigenvalue weighted by atomic mass is 10.0. The molecule has 0 heterocycles. The fraction of sp³-hybridized carbons (Fsp3) is 0.417. The van der Waals surface area contributed by atoms with Gasteiger partial charge >= 0.3 is 5.97 Å². The molecule has 4 N–H and O–H groups in total. The van der Waals surface area contributed by atoms with Gasteiger partial charge in [0.25, 0.3) is 5.69 Å². The smallest absolute Gasteiger partial charge is 0.328 e. The first-order valence-electron chi connectivity index (χ1n) is 5.99. The van der Waals surface area contributed by atoms with Crippen molar-refractivity contribution in [3.63, 3.8) is 0 Å². The number of nitrogens with one attached hydrogen (secondary N) is 2. The van der Waals surface area contributed by atoms with Crippen LogP contribution in [-0.4, -0.2) is 24.0 Å². The zero-order chi connectivity index (χ0) is 15.3. The Kier molecular flexibility index (Phi) is 5.27. The SMILES string of the molecule is COC(=O)C(Nc1cc(NN)cc([N+](=O)[O-])c1)C(C)C. The third-order valence-electron chi connectivity index (χ3n) is 2.74. The van der Waals surface area contributed by atoms with E-state index in [0.717, 1.165) is 0 Å². The van der Waals surface area contributed by atoms with Crippen molar-refractivity contribution in [2.75, 3.05) is 17.9 Å². The summed E-state index contributed by atoms with van der Waals surface area (Å²) in [5.74, 6) is 4.79. The highest BCUT2D eigenvalue weighted by Crippen LogP contribution is 2.25. The molecule has 0 spiro atoms. The number of nitrogens with zero attached hydrogens (tertiary/aromatic N) is 1. The van der Waals surface area contributed by atoms with Crippen molar-refractivity contribution >= 4 is 23.0 Å². The van der Waals surface area contributed by atoms with E-state index in [4.69, 9.17) is 10.6 Å². The Morgan fingerprint density at radius 1 is 1.35 bits per heavy atom. The number of hydrazine groups is 1. The van der Waals surface area contributed by atoms with E-state index >= 15 is 0 Å². The van der Waals surface area contributed by atoms with Crippen molar-refractivity contribution in [1.82, 2.24) is 0 Å². The van der Waals surface area contributed by atoms with Gasteiger partial charge in [-0.15, -0.1) is 0 Å². The van der Waals surface area contributed by atoms with Crippen LogP contribution in [0.5, 0.6) is 0 Å². The van der Waals surface area contributed by atoms with Crippen LogP contribution in [0.1, 0.15) is 13.8 Å². The molecular weight excluding hydrogens is 264 g/mol. The molecule has 1 aromatic rings. The lowest BCUT2D eigenvalue weighted by Gasteiger charge is -2.21. The second-order valence-electron chi connectivity index (χ2n) is 4.56. The van der Waals surface area contributed by atoms with Crippen LogP contribution in [0, 0.1) is 16.0 Å². The topological polar surface area (TPSA) is 120 Å². The number of anilines is 2. The van der Waals surface area contributed by atoms with Gasteiger partial charge in [-0.25, -0.2) is 4.79 Å². The molecule has 0 bridgehead atoms. The molecule has 8 nitrogen and oxygen atoms in total. The first-order chi connectivity index (χ1) is 9.38. The molecule has 0 fully saturated rings. The minimum Gasteiger partial charge on any atom is -0.467 e. The zero-order valence-electron chi connectivity index (χ0n) is 11.5. The summed E-state index contributed by atoms with van der Waals surface area (Å²) in [5.41, 5.74) is 3.00. The molecule has 1 aromatic carbocycles. The fourth-order valence-corrected chi connectivity index (χ4v) is 1.69. The van der Waals surface area contributed by atoms with E-state index in [9.17, 15) is 14.9 Å². The Morgan fingerprint density at radius 3 is 2.40 bits per heavy atom. The van der Waals surface area contributed by atoms with Gasteiger partial charge in [-0.05, 0) is 12.0 Å². The number of nitro groups is 1. The molecule has 0 saturated heterocycles. The van der Waals surface area contributed by atoms with Crippen molar-refractivity contribution in [1.29, 1.82) is 0 Å². The summed E-state index contributed by atoms with van der Waals surface area (Å²) in [6, 6.07) is 3.60. The van der Waals surface area contributed by atoms with Gasteiger partial charge in [-0.2, -0.15) is 0 Å². The van der Waals surface area contributed by atoms with Crippen molar-refractivity contribution < 1.29 is 14.5 Å². The second-order valence-corrected chi connectivity index (χ2v) is 4.56. The Bertz CT molecular complexity index is 504. The van der Waals surface area contributed by atoms with E-state index in [1.807, 2.05) is 13.8 Å². The standard InChI is InChI=1S/C12H18N4O4/c1-7(2)11(12(17)20-3)14-8-4-9(15-13)6-10(5-8)16(18)19/h4-7,11,14-15H,13H2,1-3H3. The van der Waals surface area contributed by atoms with Gasteiger partial charge < -0.3 is 15.5 Å². The molecule has 8 heteroatoms. The molecule has 0 amide bonds. The highest BCUT2D eigenvalue weighted by Gasteiger charge is 2.23. The molecular formula is C12H18N4O4. The summed E-state index contributed by atoms with van der Waals surface area (Å²) in [7, 11) is 1.29. The summed E-state index contributed by atoms with van der Waals surface area (Å²) >= 11 is 0. The number of nitro benzene ring substituents is 1. The number of hydrogen-bond acceptors (Lipinski definition) is 7. The van der Waals surface area contributed by atoms with Crippen molar-refractivity contribution in [3.8, 4) is 0 Å². The zero-order valence-corrected chi connectivity index (χ0v) is 11.5. The summed E-state index contributed by atoms with van der Waals surface area (Å²) < 4.78 is 4.70. The van der Waals surface area contributed by atoms with Crippen LogP contribution >= 0.6 is 0 Å². The molecule has 0 aliphatic rings. The lowest BCUT2D eigenvalue weighted by Crippen LogP contribution is -2.35. The van der Waals surface area contributed by atoms with Crippen LogP contribution in [-0.2, 0) is 9.53 Å². The molecule has 0 radical (unpaired) electrons. The number of carbonyl (C=O) groups excluding carboxylic acids is 1. The summed E-state index contributed by atoms with van der Waals surface area (Å²) in [4.78, 5) is 22.0.